The number of ether oxygens (including phenoxy) is 1. The summed E-state index contributed by atoms with van der Waals surface area (Å²) in [5.74, 6) is 6.52. The molecule has 1 aliphatic rings. The Morgan fingerprint density at radius 1 is 1.14 bits per heavy atom. The Bertz CT molecular complexity index is 676. The topological polar surface area (TPSA) is 29.5 Å². The minimum absolute atomic E-state index is 0.100. The summed E-state index contributed by atoms with van der Waals surface area (Å²) in [5, 5.41) is 10.7. The summed E-state index contributed by atoms with van der Waals surface area (Å²) >= 11 is 1.64. The monoisotopic (exact) mass is 298 g/mol. The third-order valence-electron chi connectivity index (χ3n) is 3.67. The number of hydrogen-bond acceptors (Lipinski definition) is 3. The van der Waals surface area contributed by atoms with Crippen molar-refractivity contribution in [2.45, 2.75) is 32.3 Å². The molecular formula is C18H18O2S. The van der Waals surface area contributed by atoms with Crippen LogP contribution in [0.15, 0.2) is 29.6 Å². The SMILES string of the molecule is OCC#Cc1csc(COc2ccc3c(c2)CCCC3)c1. The van der Waals surface area contributed by atoms with Gasteiger partial charge in [-0.1, -0.05) is 17.9 Å². The van der Waals surface area contributed by atoms with Gasteiger partial charge in [0, 0.05) is 15.8 Å². The predicted octanol–water partition coefficient (Wildman–Crippen LogP) is 3.55. The minimum atomic E-state index is -0.100. The molecule has 2 nitrogen and oxygen atoms in total. The molecule has 3 rings (SSSR count). The highest BCUT2D eigenvalue weighted by atomic mass is 32.1. The van der Waals surface area contributed by atoms with Crippen molar-refractivity contribution in [1.82, 2.24) is 0 Å². The normalized spacial score (nSPS) is 13.2. The number of fused-ring (bicyclic) bond motifs is 1. The second-order valence-corrected chi connectivity index (χ2v) is 6.18. The number of aliphatic hydroxyl groups is 1. The first-order chi connectivity index (χ1) is 10.3. The molecule has 0 bridgehead atoms. The fourth-order valence-electron chi connectivity index (χ4n) is 2.62. The molecule has 0 saturated carbocycles. The van der Waals surface area contributed by atoms with Crippen molar-refractivity contribution in [1.29, 1.82) is 0 Å². The molecule has 1 heterocycles. The highest BCUT2D eigenvalue weighted by Crippen LogP contribution is 2.26. The van der Waals surface area contributed by atoms with Gasteiger partial charge in [0.25, 0.3) is 0 Å². The van der Waals surface area contributed by atoms with Gasteiger partial charge in [0.2, 0.25) is 0 Å². The van der Waals surface area contributed by atoms with E-state index in [4.69, 9.17) is 9.84 Å². The Hall–Kier alpha value is -1.76. The molecule has 2 aromatic rings. The maximum absolute atomic E-state index is 8.69. The Labute approximate surface area is 129 Å². The molecule has 0 aliphatic heterocycles. The van der Waals surface area contributed by atoms with Crippen LogP contribution in [0.2, 0.25) is 0 Å². The zero-order valence-electron chi connectivity index (χ0n) is 11.9. The minimum Gasteiger partial charge on any atom is -0.488 e. The van der Waals surface area contributed by atoms with Gasteiger partial charge in [0.1, 0.15) is 19.0 Å². The molecule has 0 amide bonds. The van der Waals surface area contributed by atoms with E-state index in [1.807, 2.05) is 11.4 Å². The molecule has 3 heteroatoms. The first-order valence-corrected chi connectivity index (χ1v) is 8.15. The standard InChI is InChI=1S/C18H18O2S/c19-9-3-4-14-10-18(21-13-14)12-20-17-8-7-15-5-1-2-6-16(15)11-17/h7-8,10-11,13,19H,1-2,5-6,9,12H2. The molecule has 108 valence electrons. The van der Waals surface area contributed by atoms with Crippen LogP contribution in [0.1, 0.15) is 34.4 Å². The highest BCUT2D eigenvalue weighted by Gasteiger charge is 2.10. The van der Waals surface area contributed by atoms with Gasteiger partial charge in [-0.05, 0) is 55.0 Å². The maximum atomic E-state index is 8.69. The van der Waals surface area contributed by atoms with Gasteiger partial charge in [-0.2, -0.15) is 0 Å². The second kappa shape index (κ2) is 6.80. The fraction of sp³-hybridized carbons (Fsp3) is 0.333. The van der Waals surface area contributed by atoms with E-state index in [9.17, 15) is 0 Å². The molecule has 0 spiro atoms. The molecule has 21 heavy (non-hydrogen) atoms. The fourth-order valence-corrected chi connectivity index (χ4v) is 3.34. The number of aryl methyl sites for hydroxylation is 2. The number of benzene rings is 1. The Balaban J connectivity index is 1.63. The van der Waals surface area contributed by atoms with E-state index >= 15 is 0 Å². The largest absolute Gasteiger partial charge is 0.488 e. The van der Waals surface area contributed by atoms with Gasteiger partial charge < -0.3 is 9.84 Å². The lowest BCUT2D eigenvalue weighted by atomic mass is 9.92. The van der Waals surface area contributed by atoms with Crippen LogP contribution >= 0.6 is 11.3 Å². The summed E-state index contributed by atoms with van der Waals surface area (Å²) in [5.41, 5.74) is 3.86. The molecule has 1 aliphatic carbocycles. The van der Waals surface area contributed by atoms with E-state index in [0.29, 0.717) is 6.61 Å². The van der Waals surface area contributed by atoms with Crippen molar-refractivity contribution < 1.29 is 9.84 Å². The number of rotatable bonds is 3. The van der Waals surface area contributed by atoms with Crippen LogP contribution in [0.4, 0.5) is 0 Å². The van der Waals surface area contributed by atoms with Gasteiger partial charge in [0.05, 0.1) is 0 Å². The second-order valence-electron chi connectivity index (χ2n) is 5.19. The van der Waals surface area contributed by atoms with Crippen molar-refractivity contribution in [3.8, 4) is 17.6 Å². The first kappa shape index (κ1) is 14.2. The molecule has 1 aromatic carbocycles. The number of thiophene rings is 1. The summed E-state index contributed by atoms with van der Waals surface area (Å²) in [7, 11) is 0. The van der Waals surface area contributed by atoms with Gasteiger partial charge in [0.15, 0.2) is 0 Å². The van der Waals surface area contributed by atoms with E-state index in [0.717, 1.165) is 16.2 Å². The Morgan fingerprint density at radius 3 is 2.86 bits per heavy atom. The number of aliphatic hydroxyl groups excluding tert-OH is 1. The van der Waals surface area contributed by atoms with Gasteiger partial charge in [-0.3, -0.25) is 0 Å². The summed E-state index contributed by atoms with van der Waals surface area (Å²) in [6.45, 7) is 0.473. The molecule has 0 unspecified atom stereocenters. The van der Waals surface area contributed by atoms with Crippen molar-refractivity contribution in [3.05, 3.63) is 51.2 Å². The van der Waals surface area contributed by atoms with E-state index in [2.05, 4.69) is 30.0 Å². The average Bonchev–Trinajstić information content (AvgIpc) is 2.98. The van der Waals surface area contributed by atoms with E-state index < -0.39 is 0 Å². The van der Waals surface area contributed by atoms with Crippen molar-refractivity contribution >= 4 is 11.3 Å². The van der Waals surface area contributed by atoms with Crippen LogP contribution in [0.3, 0.4) is 0 Å². The zero-order chi connectivity index (χ0) is 14.5. The van der Waals surface area contributed by atoms with Crippen molar-refractivity contribution in [2.24, 2.45) is 0 Å². The Morgan fingerprint density at radius 2 is 2.00 bits per heavy atom. The van der Waals surface area contributed by atoms with Crippen molar-refractivity contribution in [3.63, 3.8) is 0 Å². The van der Waals surface area contributed by atoms with Gasteiger partial charge >= 0.3 is 0 Å². The molecular weight excluding hydrogens is 280 g/mol. The molecule has 0 atom stereocenters. The van der Waals surface area contributed by atoms with Crippen LogP contribution < -0.4 is 4.74 Å². The number of hydrogen-bond donors (Lipinski definition) is 1. The van der Waals surface area contributed by atoms with Crippen LogP contribution in [0.5, 0.6) is 5.75 Å². The predicted molar refractivity (Wildman–Crippen MR) is 85.7 cm³/mol. The van der Waals surface area contributed by atoms with Crippen molar-refractivity contribution in [2.75, 3.05) is 6.61 Å². The van der Waals surface area contributed by atoms with Crippen LogP contribution in [0, 0.1) is 11.8 Å². The molecule has 0 fully saturated rings. The lowest BCUT2D eigenvalue weighted by Gasteiger charge is -2.16. The van der Waals surface area contributed by atoms with E-state index in [1.54, 1.807) is 11.3 Å². The van der Waals surface area contributed by atoms with Crippen LogP contribution in [-0.4, -0.2) is 11.7 Å². The van der Waals surface area contributed by atoms with Crippen LogP contribution in [0.25, 0.3) is 0 Å². The zero-order valence-corrected chi connectivity index (χ0v) is 12.7. The summed E-state index contributed by atoms with van der Waals surface area (Å²) in [4.78, 5) is 1.15. The average molecular weight is 298 g/mol. The quantitative estimate of drug-likeness (QED) is 0.878. The van der Waals surface area contributed by atoms with Crippen LogP contribution in [-0.2, 0) is 19.4 Å². The lowest BCUT2D eigenvalue weighted by Crippen LogP contribution is -2.03. The molecule has 0 radical (unpaired) electrons. The first-order valence-electron chi connectivity index (χ1n) is 7.27. The Kier molecular flexibility index (Phi) is 4.59. The molecule has 1 aromatic heterocycles. The smallest absolute Gasteiger partial charge is 0.122 e. The summed E-state index contributed by atoms with van der Waals surface area (Å²) < 4.78 is 5.89. The maximum Gasteiger partial charge on any atom is 0.122 e. The highest BCUT2D eigenvalue weighted by molar-refractivity contribution is 7.10. The third-order valence-corrected chi connectivity index (χ3v) is 4.58. The lowest BCUT2D eigenvalue weighted by molar-refractivity contribution is 0.309. The molecule has 1 N–H and O–H groups in total. The van der Waals surface area contributed by atoms with Gasteiger partial charge in [-0.15, -0.1) is 11.3 Å². The summed E-state index contributed by atoms with van der Waals surface area (Å²) in [6, 6.07) is 8.49. The third kappa shape index (κ3) is 3.66. The van der Waals surface area contributed by atoms with E-state index in [-0.39, 0.29) is 6.61 Å². The van der Waals surface area contributed by atoms with E-state index in [1.165, 1.54) is 36.8 Å². The van der Waals surface area contributed by atoms with Gasteiger partial charge in [-0.25, -0.2) is 0 Å². The molecule has 0 saturated heterocycles. The summed E-state index contributed by atoms with van der Waals surface area (Å²) in [6.07, 6.45) is 4.97.